The predicted molar refractivity (Wildman–Crippen MR) is 141 cm³/mol. The molecule has 0 radical (unpaired) electrons. The minimum atomic E-state index is 0. The summed E-state index contributed by atoms with van der Waals surface area (Å²) < 4.78 is 0. The van der Waals surface area contributed by atoms with E-state index in [0.717, 1.165) is 38.7 Å². The molecule has 2 aliphatic heterocycles. The first-order chi connectivity index (χ1) is 14.8. The van der Waals surface area contributed by atoms with Gasteiger partial charge in [0, 0.05) is 51.5 Å². The Morgan fingerprint density at radius 3 is 2.39 bits per heavy atom. The SMILES string of the molecule is CN=C(NCC1CCN(c2ccccc2)C1)NCC1CCCN1Cc1ccccc1.I. The average Bonchev–Trinajstić information content (AvgIpc) is 3.45. The van der Waals surface area contributed by atoms with Crippen LogP contribution in [0.5, 0.6) is 0 Å². The summed E-state index contributed by atoms with van der Waals surface area (Å²) in [6, 6.07) is 22.1. The lowest BCUT2D eigenvalue weighted by Gasteiger charge is -2.26. The lowest BCUT2D eigenvalue weighted by atomic mass is 10.1. The Hall–Kier alpha value is -1.80. The highest BCUT2D eigenvalue weighted by atomic mass is 127. The van der Waals surface area contributed by atoms with Crippen molar-refractivity contribution in [3.05, 3.63) is 66.2 Å². The van der Waals surface area contributed by atoms with Crippen LogP contribution in [0.3, 0.4) is 0 Å². The van der Waals surface area contributed by atoms with Crippen LogP contribution in [0.4, 0.5) is 5.69 Å². The van der Waals surface area contributed by atoms with Crippen molar-refractivity contribution in [3.63, 3.8) is 0 Å². The molecular weight excluding hydrogens is 497 g/mol. The molecule has 0 aromatic heterocycles. The van der Waals surface area contributed by atoms with Gasteiger partial charge in [-0.25, -0.2) is 0 Å². The van der Waals surface area contributed by atoms with Crippen molar-refractivity contribution in [2.75, 3.05) is 44.7 Å². The summed E-state index contributed by atoms with van der Waals surface area (Å²) >= 11 is 0. The zero-order valence-corrected chi connectivity index (χ0v) is 20.9. The van der Waals surface area contributed by atoms with Crippen molar-refractivity contribution in [2.45, 2.75) is 31.8 Å². The Morgan fingerprint density at radius 2 is 1.65 bits per heavy atom. The fourth-order valence-corrected chi connectivity index (χ4v) is 4.70. The van der Waals surface area contributed by atoms with E-state index in [1.165, 1.54) is 37.1 Å². The van der Waals surface area contributed by atoms with Crippen LogP contribution < -0.4 is 15.5 Å². The van der Waals surface area contributed by atoms with Crippen molar-refractivity contribution in [1.82, 2.24) is 15.5 Å². The fourth-order valence-electron chi connectivity index (χ4n) is 4.70. The van der Waals surface area contributed by atoms with Crippen molar-refractivity contribution < 1.29 is 0 Å². The molecule has 2 aromatic rings. The van der Waals surface area contributed by atoms with E-state index in [-0.39, 0.29) is 24.0 Å². The van der Waals surface area contributed by atoms with Crippen molar-refractivity contribution in [1.29, 1.82) is 0 Å². The van der Waals surface area contributed by atoms with Gasteiger partial charge in [-0.15, -0.1) is 24.0 Å². The lowest BCUT2D eigenvalue weighted by Crippen LogP contribution is -2.45. The molecule has 31 heavy (non-hydrogen) atoms. The number of nitrogens with zero attached hydrogens (tertiary/aromatic N) is 3. The second kappa shape index (κ2) is 12.3. The van der Waals surface area contributed by atoms with Gasteiger partial charge in [-0.2, -0.15) is 0 Å². The molecule has 2 N–H and O–H groups in total. The Morgan fingerprint density at radius 1 is 0.935 bits per heavy atom. The third-order valence-corrected chi connectivity index (χ3v) is 6.42. The van der Waals surface area contributed by atoms with Crippen LogP contribution in [0, 0.1) is 5.92 Å². The monoisotopic (exact) mass is 533 g/mol. The number of para-hydroxylation sites is 1. The summed E-state index contributed by atoms with van der Waals surface area (Å²) in [4.78, 5) is 9.55. The van der Waals surface area contributed by atoms with E-state index in [9.17, 15) is 0 Å². The maximum absolute atomic E-state index is 4.46. The number of rotatable bonds is 7. The Bertz CT molecular complexity index is 798. The highest BCUT2D eigenvalue weighted by Crippen LogP contribution is 2.23. The van der Waals surface area contributed by atoms with Gasteiger partial charge in [-0.05, 0) is 49.4 Å². The zero-order chi connectivity index (χ0) is 20.6. The van der Waals surface area contributed by atoms with E-state index in [1.807, 2.05) is 7.05 Å². The van der Waals surface area contributed by atoms with E-state index in [1.54, 1.807) is 0 Å². The average molecular weight is 534 g/mol. The smallest absolute Gasteiger partial charge is 0.191 e. The first-order valence-corrected chi connectivity index (χ1v) is 11.3. The third kappa shape index (κ3) is 6.84. The van der Waals surface area contributed by atoms with Crippen LogP contribution in [-0.2, 0) is 6.54 Å². The molecule has 0 saturated carbocycles. The van der Waals surface area contributed by atoms with E-state index < -0.39 is 0 Å². The van der Waals surface area contributed by atoms with Crippen LogP contribution in [0.1, 0.15) is 24.8 Å². The minimum absolute atomic E-state index is 0. The molecule has 2 unspecified atom stereocenters. The number of hydrogen-bond donors (Lipinski definition) is 2. The third-order valence-electron chi connectivity index (χ3n) is 6.42. The molecule has 0 amide bonds. The van der Waals surface area contributed by atoms with Crippen LogP contribution in [-0.4, -0.2) is 56.7 Å². The number of halogens is 1. The van der Waals surface area contributed by atoms with Crippen molar-refractivity contribution in [3.8, 4) is 0 Å². The summed E-state index contributed by atoms with van der Waals surface area (Å²) in [6.07, 6.45) is 3.76. The molecule has 2 aromatic carbocycles. The predicted octanol–water partition coefficient (Wildman–Crippen LogP) is 3.96. The minimum Gasteiger partial charge on any atom is -0.371 e. The topological polar surface area (TPSA) is 42.9 Å². The molecular formula is C25H36IN5. The summed E-state index contributed by atoms with van der Waals surface area (Å²) in [7, 11) is 1.87. The molecule has 2 aliphatic rings. The number of guanidine groups is 1. The number of aliphatic imine (C=N–C) groups is 1. The van der Waals surface area contributed by atoms with Crippen molar-refractivity contribution >= 4 is 35.6 Å². The molecule has 2 heterocycles. The van der Waals surface area contributed by atoms with Crippen molar-refractivity contribution in [2.24, 2.45) is 10.9 Å². The quantitative estimate of drug-likeness (QED) is 0.322. The second-order valence-electron chi connectivity index (χ2n) is 8.52. The van der Waals surface area contributed by atoms with Gasteiger partial charge in [0.2, 0.25) is 0 Å². The summed E-state index contributed by atoms with van der Waals surface area (Å²) in [5.74, 6) is 1.59. The molecule has 0 aliphatic carbocycles. The molecule has 0 bridgehead atoms. The maximum atomic E-state index is 4.46. The number of nitrogens with one attached hydrogen (secondary N) is 2. The van der Waals surface area contributed by atoms with Gasteiger partial charge in [0.05, 0.1) is 0 Å². The van der Waals surface area contributed by atoms with Gasteiger partial charge in [-0.1, -0.05) is 48.5 Å². The van der Waals surface area contributed by atoms with Crippen LogP contribution in [0.25, 0.3) is 0 Å². The molecule has 6 heteroatoms. The van der Waals surface area contributed by atoms with Crippen LogP contribution in [0.15, 0.2) is 65.7 Å². The highest BCUT2D eigenvalue weighted by Gasteiger charge is 2.25. The number of hydrogen-bond acceptors (Lipinski definition) is 3. The molecule has 2 atom stereocenters. The zero-order valence-electron chi connectivity index (χ0n) is 18.5. The number of anilines is 1. The van der Waals surface area contributed by atoms with Gasteiger partial charge >= 0.3 is 0 Å². The largest absolute Gasteiger partial charge is 0.371 e. The first-order valence-electron chi connectivity index (χ1n) is 11.3. The van der Waals surface area contributed by atoms with E-state index >= 15 is 0 Å². The van der Waals surface area contributed by atoms with Crippen LogP contribution >= 0.6 is 24.0 Å². The normalized spacial score (nSPS) is 21.7. The standard InChI is InChI=1S/C25H35N5.HI/c1-26-25(27-17-22-14-16-30(20-22)23-11-6-3-7-12-23)28-18-24-13-8-15-29(24)19-21-9-4-2-5-10-21;/h2-7,9-12,22,24H,8,13-20H2,1H3,(H2,26,27,28);1H. The fraction of sp³-hybridized carbons (Fsp3) is 0.480. The second-order valence-corrected chi connectivity index (χ2v) is 8.52. The summed E-state index contributed by atoms with van der Waals surface area (Å²) in [6.45, 7) is 6.40. The van der Waals surface area contributed by atoms with Gasteiger partial charge in [-0.3, -0.25) is 9.89 Å². The van der Waals surface area contributed by atoms with Gasteiger partial charge < -0.3 is 15.5 Å². The van der Waals surface area contributed by atoms with Crippen LogP contribution in [0.2, 0.25) is 0 Å². The molecule has 168 valence electrons. The number of benzene rings is 2. The Labute approximate surface area is 204 Å². The molecule has 2 fully saturated rings. The summed E-state index contributed by atoms with van der Waals surface area (Å²) in [5, 5.41) is 7.14. The highest BCUT2D eigenvalue weighted by molar-refractivity contribution is 14.0. The number of likely N-dealkylation sites (tertiary alicyclic amines) is 1. The molecule has 2 saturated heterocycles. The maximum Gasteiger partial charge on any atom is 0.191 e. The summed E-state index contributed by atoms with van der Waals surface area (Å²) in [5.41, 5.74) is 2.73. The lowest BCUT2D eigenvalue weighted by molar-refractivity contribution is 0.245. The van der Waals surface area contributed by atoms with Gasteiger partial charge in [0.15, 0.2) is 5.96 Å². The Kier molecular flexibility index (Phi) is 9.46. The first kappa shape index (κ1) is 23.9. The van der Waals surface area contributed by atoms with E-state index in [4.69, 9.17) is 0 Å². The molecule has 4 rings (SSSR count). The molecule has 0 spiro atoms. The van der Waals surface area contributed by atoms with E-state index in [2.05, 4.69) is 86.1 Å². The molecule has 5 nitrogen and oxygen atoms in total. The van der Waals surface area contributed by atoms with Gasteiger partial charge in [0.1, 0.15) is 0 Å². The van der Waals surface area contributed by atoms with Gasteiger partial charge in [0.25, 0.3) is 0 Å². The Balaban J connectivity index is 0.00000272. The van der Waals surface area contributed by atoms with E-state index in [0.29, 0.717) is 12.0 Å².